The number of fused-ring (bicyclic) bond motifs is 2. The Morgan fingerprint density at radius 3 is 2.94 bits per heavy atom. The molecule has 160 valence electrons. The quantitative estimate of drug-likeness (QED) is 0.649. The lowest BCUT2D eigenvalue weighted by atomic mass is 10.0. The standard InChI is InChI=1S/C23H24N4O4/c28-21-7-6-19(22(29)26-21)27-13-18-14(2-1-3-17(18)23(27)30)12-25-16-5-4-15-11-24-8-9-31-20(15)10-16/h1-5,10,19,24-25H,6-9,11-13H2,(H,26,28,29). The van der Waals surface area contributed by atoms with E-state index in [9.17, 15) is 14.4 Å². The van der Waals surface area contributed by atoms with Crippen LogP contribution in [-0.2, 0) is 29.2 Å². The second-order valence-electron chi connectivity index (χ2n) is 8.04. The first-order chi connectivity index (χ1) is 15.1. The lowest BCUT2D eigenvalue weighted by Gasteiger charge is -2.29. The number of hydrogen-bond donors (Lipinski definition) is 3. The first-order valence-electron chi connectivity index (χ1n) is 10.6. The molecule has 0 saturated carbocycles. The van der Waals surface area contributed by atoms with Crippen LogP contribution in [0.4, 0.5) is 5.69 Å². The number of piperidine rings is 1. The Hall–Kier alpha value is -3.39. The van der Waals surface area contributed by atoms with Crippen molar-refractivity contribution in [1.29, 1.82) is 0 Å². The van der Waals surface area contributed by atoms with Gasteiger partial charge in [-0.15, -0.1) is 0 Å². The summed E-state index contributed by atoms with van der Waals surface area (Å²) in [5, 5.41) is 9.10. The number of amides is 3. The van der Waals surface area contributed by atoms with Gasteiger partial charge in [-0.25, -0.2) is 0 Å². The highest BCUT2D eigenvalue weighted by Crippen LogP contribution is 2.31. The molecule has 31 heavy (non-hydrogen) atoms. The highest BCUT2D eigenvalue weighted by molar-refractivity contribution is 6.05. The first-order valence-corrected chi connectivity index (χ1v) is 10.6. The van der Waals surface area contributed by atoms with Crippen molar-refractivity contribution >= 4 is 23.4 Å². The monoisotopic (exact) mass is 420 g/mol. The summed E-state index contributed by atoms with van der Waals surface area (Å²) in [5.74, 6) is 0.0529. The van der Waals surface area contributed by atoms with E-state index in [1.807, 2.05) is 24.3 Å². The molecule has 5 rings (SSSR count). The van der Waals surface area contributed by atoms with E-state index in [-0.39, 0.29) is 18.2 Å². The molecule has 8 heteroatoms. The van der Waals surface area contributed by atoms with Crippen molar-refractivity contribution in [2.75, 3.05) is 18.5 Å². The minimum absolute atomic E-state index is 0.155. The molecular formula is C23H24N4O4. The van der Waals surface area contributed by atoms with E-state index >= 15 is 0 Å². The maximum Gasteiger partial charge on any atom is 0.255 e. The molecule has 2 aromatic rings. The van der Waals surface area contributed by atoms with E-state index in [2.05, 4.69) is 22.0 Å². The van der Waals surface area contributed by atoms with Gasteiger partial charge in [-0.2, -0.15) is 0 Å². The molecule has 1 fully saturated rings. The molecule has 3 aliphatic rings. The van der Waals surface area contributed by atoms with Crippen molar-refractivity contribution in [3.63, 3.8) is 0 Å². The number of nitrogens with one attached hydrogen (secondary N) is 3. The van der Waals surface area contributed by atoms with Crippen LogP contribution in [-0.4, -0.2) is 41.8 Å². The average Bonchev–Trinajstić information content (AvgIpc) is 2.94. The molecule has 0 radical (unpaired) electrons. The Labute approximate surface area is 179 Å². The van der Waals surface area contributed by atoms with E-state index < -0.39 is 11.9 Å². The number of carbonyl (C=O) groups excluding carboxylic acids is 3. The fourth-order valence-corrected chi connectivity index (χ4v) is 4.41. The maximum atomic E-state index is 13.0. The van der Waals surface area contributed by atoms with E-state index in [1.165, 1.54) is 0 Å². The van der Waals surface area contributed by atoms with Gasteiger partial charge in [0.25, 0.3) is 5.91 Å². The van der Waals surface area contributed by atoms with Crippen LogP contribution in [0.1, 0.15) is 39.9 Å². The van der Waals surface area contributed by atoms with Gasteiger partial charge in [0.05, 0.1) is 0 Å². The summed E-state index contributed by atoms with van der Waals surface area (Å²) in [7, 11) is 0. The zero-order chi connectivity index (χ0) is 21.4. The maximum absolute atomic E-state index is 13.0. The van der Waals surface area contributed by atoms with Crippen molar-refractivity contribution in [3.8, 4) is 5.75 Å². The minimum Gasteiger partial charge on any atom is -0.492 e. The number of anilines is 1. The topological polar surface area (TPSA) is 99.8 Å². The largest absolute Gasteiger partial charge is 0.492 e. The van der Waals surface area contributed by atoms with Crippen LogP contribution in [0.3, 0.4) is 0 Å². The molecule has 3 heterocycles. The highest BCUT2D eigenvalue weighted by Gasteiger charge is 2.39. The third kappa shape index (κ3) is 3.74. The first kappa shape index (κ1) is 19.6. The third-order valence-electron chi connectivity index (χ3n) is 6.08. The van der Waals surface area contributed by atoms with Gasteiger partial charge in [-0.1, -0.05) is 18.2 Å². The van der Waals surface area contributed by atoms with Crippen LogP contribution in [0.2, 0.25) is 0 Å². The average molecular weight is 420 g/mol. The normalized spacial score (nSPS) is 20.5. The number of carbonyl (C=O) groups is 3. The Kier molecular flexibility index (Phi) is 5.07. The zero-order valence-electron chi connectivity index (χ0n) is 17.1. The van der Waals surface area contributed by atoms with Gasteiger partial charge in [-0.3, -0.25) is 19.7 Å². The summed E-state index contributed by atoms with van der Waals surface area (Å²) in [6.07, 6.45) is 0.614. The molecule has 0 aromatic heterocycles. The van der Waals surface area contributed by atoms with Crippen LogP contribution in [0.25, 0.3) is 0 Å². The van der Waals surface area contributed by atoms with Crippen molar-refractivity contribution in [1.82, 2.24) is 15.5 Å². The fraction of sp³-hybridized carbons (Fsp3) is 0.348. The molecule has 1 unspecified atom stereocenters. The number of ether oxygens (including phenoxy) is 1. The molecule has 0 bridgehead atoms. The van der Waals surface area contributed by atoms with E-state index in [0.29, 0.717) is 31.7 Å². The van der Waals surface area contributed by atoms with Gasteiger partial charge >= 0.3 is 0 Å². The van der Waals surface area contributed by atoms with Crippen LogP contribution in [0, 0.1) is 0 Å². The molecule has 8 nitrogen and oxygen atoms in total. The molecule has 2 aromatic carbocycles. The van der Waals surface area contributed by atoms with Crippen molar-refractivity contribution in [2.45, 2.75) is 38.5 Å². The number of hydrogen-bond acceptors (Lipinski definition) is 6. The SMILES string of the molecule is O=C1CCC(N2Cc3c(CNc4ccc5c(c4)OCCNC5)cccc3C2=O)C(=O)N1. The smallest absolute Gasteiger partial charge is 0.255 e. The van der Waals surface area contributed by atoms with Crippen LogP contribution < -0.4 is 20.7 Å². The van der Waals surface area contributed by atoms with Gasteiger partial charge in [-0.05, 0) is 29.7 Å². The molecule has 3 amide bonds. The van der Waals surface area contributed by atoms with E-state index in [1.54, 1.807) is 11.0 Å². The predicted molar refractivity (Wildman–Crippen MR) is 113 cm³/mol. The summed E-state index contributed by atoms with van der Waals surface area (Å²) >= 11 is 0. The summed E-state index contributed by atoms with van der Waals surface area (Å²) in [5.41, 5.74) is 4.65. The van der Waals surface area contributed by atoms with Crippen molar-refractivity contribution in [3.05, 3.63) is 58.7 Å². The fourth-order valence-electron chi connectivity index (χ4n) is 4.41. The summed E-state index contributed by atoms with van der Waals surface area (Å²) < 4.78 is 5.81. The Bertz CT molecular complexity index is 1070. The molecule has 3 N–H and O–H groups in total. The Morgan fingerprint density at radius 2 is 2.06 bits per heavy atom. The van der Waals surface area contributed by atoms with Crippen molar-refractivity contribution in [2.24, 2.45) is 0 Å². The summed E-state index contributed by atoms with van der Waals surface area (Å²) in [6, 6.07) is 11.2. The lowest BCUT2D eigenvalue weighted by molar-refractivity contribution is -0.136. The number of benzene rings is 2. The number of rotatable bonds is 4. The number of nitrogens with zero attached hydrogens (tertiary/aromatic N) is 1. The molecular weight excluding hydrogens is 396 g/mol. The molecule has 1 saturated heterocycles. The Morgan fingerprint density at radius 1 is 1.16 bits per heavy atom. The predicted octanol–water partition coefficient (Wildman–Crippen LogP) is 1.54. The molecule has 0 aliphatic carbocycles. The second kappa shape index (κ2) is 8.03. The highest BCUT2D eigenvalue weighted by atomic mass is 16.5. The van der Waals surface area contributed by atoms with Gasteiger partial charge in [0.1, 0.15) is 18.4 Å². The second-order valence-corrected chi connectivity index (χ2v) is 8.04. The molecule has 1 atom stereocenters. The molecule has 0 spiro atoms. The summed E-state index contributed by atoms with van der Waals surface area (Å²) in [4.78, 5) is 38.3. The van der Waals surface area contributed by atoms with Crippen LogP contribution >= 0.6 is 0 Å². The van der Waals surface area contributed by atoms with E-state index in [4.69, 9.17) is 4.74 Å². The molecule has 3 aliphatic heterocycles. The van der Waals surface area contributed by atoms with Crippen molar-refractivity contribution < 1.29 is 19.1 Å². The third-order valence-corrected chi connectivity index (χ3v) is 6.08. The number of imide groups is 1. The summed E-state index contributed by atoms with van der Waals surface area (Å²) in [6.45, 7) is 3.18. The van der Waals surface area contributed by atoms with Gasteiger partial charge in [0.2, 0.25) is 11.8 Å². The van der Waals surface area contributed by atoms with Crippen LogP contribution in [0.15, 0.2) is 36.4 Å². The van der Waals surface area contributed by atoms with Gasteiger partial charge in [0, 0.05) is 55.5 Å². The van der Waals surface area contributed by atoms with Crippen LogP contribution in [0.5, 0.6) is 5.75 Å². The van der Waals surface area contributed by atoms with Gasteiger partial charge in [0.15, 0.2) is 0 Å². The lowest BCUT2D eigenvalue weighted by Crippen LogP contribution is -2.52. The van der Waals surface area contributed by atoms with E-state index in [0.717, 1.165) is 41.2 Å². The van der Waals surface area contributed by atoms with Gasteiger partial charge < -0.3 is 20.3 Å². The minimum atomic E-state index is -0.603. The Balaban J connectivity index is 1.32. The zero-order valence-corrected chi connectivity index (χ0v) is 17.1.